The molecule has 0 unspecified atom stereocenters. The van der Waals surface area contributed by atoms with Crippen molar-refractivity contribution in [3.05, 3.63) is 15.8 Å². The Kier molecular flexibility index (Phi) is 4.59. The fraction of sp³-hybridized carbons (Fsp3) is 0.769. The summed E-state index contributed by atoms with van der Waals surface area (Å²) in [5, 5.41) is 18.8. The summed E-state index contributed by atoms with van der Waals surface area (Å²) in [6, 6.07) is 0.141. The third-order valence-corrected chi connectivity index (χ3v) is 3.86. The molecule has 3 N–H and O–H groups in total. The van der Waals surface area contributed by atoms with Crippen LogP contribution in [-0.2, 0) is 6.54 Å². The van der Waals surface area contributed by atoms with Crippen LogP contribution >= 0.6 is 0 Å². The van der Waals surface area contributed by atoms with E-state index in [2.05, 4.69) is 10.4 Å². The van der Waals surface area contributed by atoms with Gasteiger partial charge in [0.2, 0.25) is 5.82 Å². The van der Waals surface area contributed by atoms with Gasteiger partial charge in [0.25, 0.3) is 0 Å². The van der Waals surface area contributed by atoms with Crippen molar-refractivity contribution >= 4 is 11.5 Å². The van der Waals surface area contributed by atoms with Crippen LogP contribution in [-0.4, -0.2) is 26.8 Å². The van der Waals surface area contributed by atoms with Crippen LogP contribution in [0.1, 0.15) is 44.7 Å². The van der Waals surface area contributed by atoms with Crippen molar-refractivity contribution in [2.24, 2.45) is 5.73 Å². The van der Waals surface area contributed by atoms with Gasteiger partial charge in [0, 0.05) is 18.6 Å². The van der Waals surface area contributed by atoms with Gasteiger partial charge in [-0.05, 0) is 26.2 Å². The first-order valence-corrected chi connectivity index (χ1v) is 7.28. The monoisotopic (exact) mass is 281 g/mol. The summed E-state index contributed by atoms with van der Waals surface area (Å²) in [5.41, 5.74) is 6.66. The molecule has 7 nitrogen and oxygen atoms in total. The van der Waals surface area contributed by atoms with E-state index in [1.165, 1.54) is 0 Å². The molecular formula is C13H23N5O2. The summed E-state index contributed by atoms with van der Waals surface area (Å²) in [6.07, 6.45) is 5.04. The summed E-state index contributed by atoms with van der Waals surface area (Å²) in [6.45, 7) is 4.37. The van der Waals surface area contributed by atoms with E-state index in [-0.39, 0.29) is 22.7 Å². The second kappa shape index (κ2) is 6.21. The van der Waals surface area contributed by atoms with Crippen LogP contribution < -0.4 is 11.1 Å². The lowest BCUT2D eigenvalue weighted by atomic mass is 9.91. The lowest BCUT2D eigenvalue weighted by molar-refractivity contribution is -0.384. The van der Waals surface area contributed by atoms with Gasteiger partial charge in [-0.3, -0.25) is 10.1 Å². The quantitative estimate of drug-likeness (QED) is 0.636. The summed E-state index contributed by atoms with van der Waals surface area (Å²) >= 11 is 0. The first-order chi connectivity index (χ1) is 9.54. The van der Waals surface area contributed by atoms with E-state index in [0.29, 0.717) is 18.1 Å². The molecule has 112 valence electrons. The molecule has 0 aliphatic heterocycles. The fourth-order valence-electron chi connectivity index (χ4n) is 2.82. The van der Waals surface area contributed by atoms with Crippen molar-refractivity contribution in [3.8, 4) is 0 Å². The highest BCUT2D eigenvalue weighted by Crippen LogP contribution is 2.31. The van der Waals surface area contributed by atoms with Crippen LogP contribution in [0.3, 0.4) is 0 Å². The van der Waals surface area contributed by atoms with Crippen molar-refractivity contribution in [2.45, 2.75) is 64.6 Å². The summed E-state index contributed by atoms with van der Waals surface area (Å²) in [5.74, 6) is 0.511. The molecule has 2 atom stereocenters. The minimum absolute atomic E-state index is 0.0497. The Balaban J connectivity index is 2.29. The van der Waals surface area contributed by atoms with Crippen molar-refractivity contribution in [1.82, 2.24) is 9.78 Å². The Labute approximate surface area is 118 Å². The molecule has 0 spiro atoms. The van der Waals surface area contributed by atoms with E-state index >= 15 is 0 Å². The van der Waals surface area contributed by atoms with Gasteiger partial charge in [0.1, 0.15) is 5.69 Å². The van der Waals surface area contributed by atoms with Crippen LogP contribution in [0.15, 0.2) is 0 Å². The number of anilines is 1. The molecule has 1 fully saturated rings. The van der Waals surface area contributed by atoms with Gasteiger partial charge in [-0.25, -0.2) is 4.68 Å². The van der Waals surface area contributed by atoms with E-state index in [1.807, 2.05) is 6.92 Å². The van der Waals surface area contributed by atoms with Gasteiger partial charge in [-0.15, -0.1) is 0 Å². The number of aromatic nitrogens is 2. The molecule has 0 saturated heterocycles. The van der Waals surface area contributed by atoms with E-state index < -0.39 is 0 Å². The fourth-order valence-corrected chi connectivity index (χ4v) is 2.82. The Morgan fingerprint density at radius 3 is 2.80 bits per heavy atom. The number of aryl methyl sites for hydroxylation is 2. The summed E-state index contributed by atoms with van der Waals surface area (Å²) in [7, 11) is 0. The third kappa shape index (κ3) is 2.92. The zero-order valence-corrected chi connectivity index (χ0v) is 12.1. The van der Waals surface area contributed by atoms with Gasteiger partial charge < -0.3 is 11.1 Å². The number of nitrogens with one attached hydrogen (secondary N) is 1. The van der Waals surface area contributed by atoms with Crippen LogP contribution in [0, 0.1) is 17.0 Å². The minimum atomic E-state index is -0.356. The first kappa shape index (κ1) is 14.8. The van der Waals surface area contributed by atoms with Gasteiger partial charge in [-0.1, -0.05) is 19.8 Å². The van der Waals surface area contributed by atoms with Gasteiger partial charge >= 0.3 is 5.69 Å². The Bertz CT molecular complexity index is 485. The van der Waals surface area contributed by atoms with Crippen molar-refractivity contribution in [2.75, 3.05) is 5.32 Å². The summed E-state index contributed by atoms with van der Waals surface area (Å²) in [4.78, 5) is 10.9. The molecule has 0 amide bonds. The van der Waals surface area contributed by atoms with Crippen molar-refractivity contribution in [1.29, 1.82) is 0 Å². The average Bonchev–Trinajstić information content (AvgIpc) is 2.69. The lowest BCUT2D eigenvalue weighted by Crippen LogP contribution is -2.43. The van der Waals surface area contributed by atoms with Crippen LogP contribution in [0.25, 0.3) is 0 Å². The van der Waals surface area contributed by atoms with Gasteiger partial charge in [0.05, 0.1) is 4.92 Å². The van der Waals surface area contributed by atoms with E-state index in [0.717, 1.165) is 32.1 Å². The Morgan fingerprint density at radius 2 is 2.20 bits per heavy atom. The number of rotatable bonds is 5. The van der Waals surface area contributed by atoms with E-state index in [9.17, 15) is 10.1 Å². The molecule has 1 saturated carbocycles. The number of nitrogens with two attached hydrogens (primary N) is 1. The molecule has 1 aromatic heterocycles. The average molecular weight is 281 g/mol. The van der Waals surface area contributed by atoms with Gasteiger partial charge in [0.15, 0.2) is 0 Å². The lowest BCUT2D eigenvalue weighted by Gasteiger charge is -2.29. The molecule has 1 aromatic rings. The number of nitrogens with zero attached hydrogens (tertiary/aromatic N) is 3. The molecule has 2 rings (SSSR count). The Morgan fingerprint density at radius 1 is 1.50 bits per heavy atom. The van der Waals surface area contributed by atoms with Crippen LogP contribution in [0.4, 0.5) is 11.5 Å². The smallest absolute Gasteiger partial charge is 0.333 e. The highest BCUT2D eigenvalue weighted by atomic mass is 16.6. The molecular weight excluding hydrogens is 258 g/mol. The molecule has 0 bridgehead atoms. The Hall–Kier alpha value is -1.63. The van der Waals surface area contributed by atoms with Gasteiger partial charge in [-0.2, -0.15) is 5.10 Å². The molecule has 1 aliphatic carbocycles. The zero-order chi connectivity index (χ0) is 14.7. The molecule has 1 heterocycles. The molecule has 7 heteroatoms. The van der Waals surface area contributed by atoms with E-state index in [4.69, 9.17) is 5.73 Å². The normalized spacial score (nSPS) is 22.8. The molecule has 20 heavy (non-hydrogen) atoms. The highest BCUT2D eigenvalue weighted by molar-refractivity contribution is 5.60. The second-order valence-electron chi connectivity index (χ2n) is 5.46. The highest BCUT2D eigenvalue weighted by Gasteiger charge is 2.29. The predicted molar refractivity (Wildman–Crippen MR) is 77.8 cm³/mol. The SMILES string of the molecule is CCCn1nc(C)c([N+](=O)[O-])c1N[C@@H]1CCCC[C@H]1N. The largest absolute Gasteiger partial charge is 0.360 e. The molecule has 0 radical (unpaired) electrons. The van der Waals surface area contributed by atoms with Crippen molar-refractivity contribution in [3.63, 3.8) is 0 Å². The topological polar surface area (TPSA) is 99.0 Å². The maximum atomic E-state index is 11.3. The zero-order valence-electron chi connectivity index (χ0n) is 12.1. The van der Waals surface area contributed by atoms with Crippen molar-refractivity contribution < 1.29 is 4.92 Å². The standard InChI is InChI=1S/C13H23N5O2/c1-3-8-17-13(12(18(19)20)9(2)16-17)15-11-7-5-4-6-10(11)14/h10-11,15H,3-8,14H2,1-2H3/t10-,11-/m1/s1. The maximum Gasteiger partial charge on any atom is 0.333 e. The van der Waals surface area contributed by atoms with Crippen LogP contribution in [0.5, 0.6) is 0 Å². The maximum absolute atomic E-state index is 11.3. The molecule has 0 aromatic carbocycles. The number of nitro groups is 1. The first-order valence-electron chi connectivity index (χ1n) is 7.28. The molecule has 1 aliphatic rings. The third-order valence-electron chi connectivity index (χ3n) is 3.86. The minimum Gasteiger partial charge on any atom is -0.360 e. The second-order valence-corrected chi connectivity index (χ2v) is 5.46. The van der Waals surface area contributed by atoms with Crippen LogP contribution in [0.2, 0.25) is 0 Å². The number of hydrogen-bond donors (Lipinski definition) is 2. The van der Waals surface area contributed by atoms with E-state index in [1.54, 1.807) is 11.6 Å². The predicted octanol–water partition coefficient (Wildman–Crippen LogP) is 2.19. The number of hydrogen-bond acceptors (Lipinski definition) is 5. The summed E-state index contributed by atoms with van der Waals surface area (Å²) < 4.78 is 1.70.